The van der Waals surface area contributed by atoms with Crippen LogP contribution in [0.4, 0.5) is 0 Å². The zero-order valence-corrected chi connectivity index (χ0v) is 12.7. The van der Waals surface area contributed by atoms with Gasteiger partial charge in [0, 0.05) is 11.4 Å². The molecule has 0 aliphatic carbocycles. The number of nitrogens with one attached hydrogen (secondary N) is 1. The van der Waals surface area contributed by atoms with Crippen LogP contribution in [-0.2, 0) is 6.54 Å². The van der Waals surface area contributed by atoms with Crippen molar-refractivity contribution >= 4 is 11.8 Å². The molecule has 2 aromatic rings. The SMILES string of the molecule is CSc1ccc(CNCCCOc2ccccc2)cc1. The second-order valence-electron chi connectivity index (χ2n) is 4.54. The molecule has 0 saturated heterocycles. The van der Waals surface area contributed by atoms with E-state index in [-0.39, 0.29) is 0 Å². The molecule has 0 aliphatic heterocycles. The van der Waals surface area contributed by atoms with Gasteiger partial charge in [-0.2, -0.15) is 0 Å². The number of hydrogen-bond acceptors (Lipinski definition) is 3. The highest BCUT2D eigenvalue weighted by Gasteiger charge is 1.95. The molecule has 0 spiro atoms. The van der Waals surface area contributed by atoms with Crippen LogP contribution in [0.15, 0.2) is 59.5 Å². The minimum atomic E-state index is 0.752. The first-order valence-corrected chi connectivity index (χ1v) is 8.12. The molecule has 2 aromatic carbocycles. The smallest absolute Gasteiger partial charge is 0.119 e. The van der Waals surface area contributed by atoms with Gasteiger partial charge in [0.1, 0.15) is 5.75 Å². The highest BCUT2D eigenvalue weighted by molar-refractivity contribution is 7.98. The Balaban J connectivity index is 1.57. The summed E-state index contributed by atoms with van der Waals surface area (Å²) in [5.41, 5.74) is 1.33. The van der Waals surface area contributed by atoms with Gasteiger partial charge < -0.3 is 10.1 Å². The Morgan fingerprint density at radius 2 is 1.75 bits per heavy atom. The molecule has 0 atom stereocenters. The lowest BCUT2D eigenvalue weighted by Crippen LogP contribution is -2.16. The molecule has 0 heterocycles. The third-order valence-electron chi connectivity index (χ3n) is 3.00. The van der Waals surface area contributed by atoms with Crippen LogP contribution in [0.3, 0.4) is 0 Å². The van der Waals surface area contributed by atoms with Gasteiger partial charge in [-0.15, -0.1) is 11.8 Å². The highest BCUT2D eigenvalue weighted by atomic mass is 32.2. The van der Waals surface area contributed by atoms with E-state index < -0.39 is 0 Å². The summed E-state index contributed by atoms with van der Waals surface area (Å²) >= 11 is 1.77. The van der Waals surface area contributed by atoms with Gasteiger partial charge in [-0.05, 0) is 49.1 Å². The molecule has 106 valence electrons. The number of hydrogen-bond donors (Lipinski definition) is 1. The van der Waals surface area contributed by atoms with E-state index in [1.165, 1.54) is 10.5 Å². The third-order valence-corrected chi connectivity index (χ3v) is 3.74. The minimum absolute atomic E-state index is 0.752. The highest BCUT2D eigenvalue weighted by Crippen LogP contribution is 2.14. The molecule has 3 heteroatoms. The van der Waals surface area contributed by atoms with Crippen LogP contribution in [0.5, 0.6) is 5.75 Å². The van der Waals surface area contributed by atoms with Crippen molar-refractivity contribution in [1.29, 1.82) is 0 Å². The van der Waals surface area contributed by atoms with E-state index >= 15 is 0 Å². The maximum atomic E-state index is 5.65. The topological polar surface area (TPSA) is 21.3 Å². The van der Waals surface area contributed by atoms with Crippen molar-refractivity contribution in [1.82, 2.24) is 5.32 Å². The minimum Gasteiger partial charge on any atom is -0.494 e. The first-order chi connectivity index (χ1) is 9.88. The van der Waals surface area contributed by atoms with Crippen LogP contribution >= 0.6 is 11.8 Å². The molecule has 0 bridgehead atoms. The molecule has 2 rings (SSSR count). The standard InChI is InChI=1S/C17H21NOS/c1-20-17-10-8-15(9-11-17)14-18-12-5-13-19-16-6-3-2-4-7-16/h2-4,6-11,18H,5,12-14H2,1H3. The number of rotatable bonds is 8. The maximum absolute atomic E-state index is 5.65. The van der Waals surface area contributed by atoms with Gasteiger partial charge in [-0.1, -0.05) is 30.3 Å². The Morgan fingerprint density at radius 1 is 1.00 bits per heavy atom. The molecule has 0 aromatic heterocycles. The van der Waals surface area contributed by atoms with Crippen LogP contribution in [0.25, 0.3) is 0 Å². The molecule has 0 saturated carbocycles. The summed E-state index contributed by atoms with van der Waals surface area (Å²) in [6, 6.07) is 18.6. The number of benzene rings is 2. The van der Waals surface area contributed by atoms with E-state index in [2.05, 4.69) is 35.8 Å². The summed E-state index contributed by atoms with van der Waals surface area (Å²) in [6.45, 7) is 2.64. The van der Waals surface area contributed by atoms with Crippen LogP contribution in [0.2, 0.25) is 0 Å². The van der Waals surface area contributed by atoms with Crippen LogP contribution < -0.4 is 10.1 Å². The lowest BCUT2D eigenvalue weighted by molar-refractivity contribution is 0.308. The van der Waals surface area contributed by atoms with Gasteiger partial charge in [0.2, 0.25) is 0 Å². The van der Waals surface area contributed by atoms with Gasteiger partial charge in [-0.25, -0.2) is 0 Å². The summed E-state index contributed by atoms with van der Waals surface area (Å²) in [5, 5.41) is 3.44. The Labute approximate surface area is 125 Å². The zero-order valence-electron chi connectivity index (χ0n) is 11.8. The molecule has 0 amide bonds. The van der Waals surface area contributed by atoms with Gasteiger partial charge in [-0.3, -0.25) is 0 Å². The fourth-order valence-electron chi connectivity index (χ4n) is 1.88. The van der Waals surface area contributed by atoms with Gasteiger partial charge in [0.05, 0.1) is 6.61 Å². The van der Waals surface area contributed by atoms with Gasteiger partial charge in [0.15, 0.2) is 0 Å². The number of para-hydroxylation sites is 1. The molecule has 20 heavy (non-hydrogen) atoms. The largest absolute Gasteiger partial charge is 0.494 e. The summed E-state index contributed by atoms with van der Waals surface area (Å²) < 4.78 is 5.65. The average molecular weight is 287 g/mol. The van der Waals surface area contributed by atoms with Crippen molar-refractivity contribution in [3.05, 3.63) is 60.2 Å². The lowest BCUT2D eigenvalue weighted by atomic mass is 10.2. The fraction of sp³-hybridized carbons (Fsp3) is 0.294. The van der Waals surface area contributed by atoms with E-state index in [9.17, 15) is 0 Å². The van der Waals surface area contributed by atoms with E-state index in [1.807, 2.05) is 30.3 Å². The lowest BCUT2D eigenvalue weighted by Gasteiger charge is -2.07. The summed E-state index contributed by atoms with van der Waals surface area (Å²) in [6.07, 6.45) is 3.11. The van der Waals surface area contributed by atoms with Crippen molar-refractivity contribution in [2.24, 2.45) is 0 Å². The third kappa shape index (κ3) is 5.27. The first-order valence-electron chi connectivity index (χ1n) is 6.90. The van der Waals surface area contributed by atoms with Crippen molar-refractivity contribution in [2.45, 2.75) is 17.9 Å². The molecule has 0 fully saturated rings. The second-order valence-corrected chi connectivity index (χ2v) is 5.42. The first kappa shape index (κ1) is 14.9. The van der Waals surface area contributed by atoms with E-state index in [0.717, 1.165) is 31.9 Å². The van der Waals surface area contributed by atoms with E-state index in [1.54, 1.807) is 11.8 Å². The van der Waals surface area contributed by atoms with Crippen molar-refractivity contribution in [3.8, 4) is 5.75 Å². The number of ether oxygens (including phenoxy) is 1. The Bertz CT molecular complexity index is 484. The monoisotopic (exact) mass is 287 g/mol. The van der Waals surface area contributed by atoms with Crippen molar-refractivity contribution < 1.29 is 4.74 Å². The number of thioether (sulfide) groups is 1. The Hall–Kier alpha value is -1.45. The average Bonchev–Trinajstić information content (AvgIpc) is 2.52. The van der Waals surface area contributed by atoms with Crippen molar-refractivity contribution in [3.63, 3.8) is 0 Å². The molecular formula is C17H21NOS. The van der Waals surface area contributed by atoms with E-state index in [4.69, 9.17) is 4.74 Å². The summed E-state index contributed by atoms with van der Waals surface area (Å²) in [5.74, 6) is 0.945. The predicted molar refractivity (Wildman–Crippen MR) is 86.5 cm³/mol. The molecule has 0 unspecified atom stereocenters. The second kappa shape index (κ2) is 8.67. The van der Waals surface area contributed by atoms with Crippen LogP contribution in [0.1, 0.15) is 12.0 Å². The summed E-state index contributed by atoms with van der Waals surface area (Å²) in [4.78, 5) is 1.31. The van der Waals surface area contributed by atoms with Crippen molar-refractivity contribution in [2.75, 3.05) is 19.4 Å². The van der Waals surface area contributed by atoms with Crippen LogP contribution in [-0.4, -0.2) is 19.4 Å². The van der Waals surface area contributed by atoms with Gasteiger partial charge in [0.25, 0.3) is 0 Å². The molecule has 0 radical (unpaired) electrons. The maximum Gasteiger partial charge on any atom is 0.119 e. The Kier molecular flexibility index (Phi) is 6.48. The molecule has 2 nitrogen and oxygen atoms in total. The van der Waals surface area contributed by atoms with E-state index in [0.29, 0.717) is 0 Å². The molecule has 1 N–H and O–H groups in total. The Morgan fingerprint density at radius 3 is 2.45 bits per heavy atom. The molecule has 0 aliphatic rings. The zero-order chi connectivity index (χ0) is 14.0. The normalized spacial score (nSPS) is 10.4. The molecular weight excluding hydrogens is 266 g/mol. The summed E-state index contributed by atoms with van der Waals surface area (Å²) in [7, 11) is 0. The fourth-order valence-corrected chi connectivity index (χ4v) is 2.29. The predicted octanol–water partition coefficient (Wildman–Crippen LogP) is 3.97. The van der Waals surface area contributed by atoms with Crippen LogP contribution in [0, 0.1) is 0 Å². The van der Waals surface area contributed by atoms with Gasteiger partial charge >= 0.3 is 0 Å². The quantitative estimate of drug-likeness (QED) is 0.586.